The number of carbonyl (C=O) groups excluding carboxylic acids is 1. The first-order chi connectivity index (χ1) is 11.7. The first-order valence-electron chi connectivity index (χ1n) is 8.35. The highest BCUT2D eigenvalue weighted by atomic mass is 35.5. The van der Waals surface area contributed by atoms with E-state index < -0.39 is 0 Å². The zero-order valence-electron chi connectivity index (χ0n) is 14.6. The van der Waals surface area contributed by atoms with Gasteiger partial charge in [0, 0.05) is 23.5 Å². The predicted molar refractivity (Wildman–Crippen MR) is 111 cm³/mol. The highest BCUT2D eigenvalue weighted by Crippen LogP contribution is 2.31. The van der Waals surface area contributed by atoms with Gasteiger partial charge in [-0.2, -0.15) is 0 Å². The molecule has 1 amide bonds. The minimum atomic E-state index is -0.0188. The zero-order chi connectivity index (χ0) is 16.9. The largest absolute Gasteiger partial charge is 0.494 e. The maximum Gasteiger partial charge on any atom is 0.226 e. The first kappa shape index (κ1) is 22.7. The molecule has 1 aromatic carbocycles. The molecule has 1 aliphatic rings. The van der Waals surface area contributed by atoms with E-state index in [1.807, 2.05) is 36.6 Å². The van der Waals surface area contributed by atoms with E-state index in [1.165, 1.54) is 12.8 Å². The van der Waals surface area contributed by atoms with Crippen LogP contribution in [-0.4, -0.2) is 30.1 Å². The summed E-state index contributed by atoms with van der Waals surface area (Å²) in [6.07, 6.45) is 2.67. The molecule has 8 heteroatoms. The number of nitrogens with one attached hydrogen (secondary N) is 1. The van der Waals surface area contributed by atoms with Crippen molar-refractivity contribution in [3.8, 4) is 16.3 Å². The molecule has 1 fully saturated rings. The van der Waals surface area contributed by atoms with Gasteiger partial charge in [-0.3, -0.25) is 4.79 Å². The minimum Gasteiger partial charge on any atom is -0.494 e. The maximum absolute atomic E-state index is 12.0. The fraction of sp³-hybridized carbons (Fsp3) is 0.444. The van der Waals surface area contributed by atoms with Gasteiger partial charge in [0.15, 0.2) is 0 Å². The van der Waals surface area contributed by atoms with E-state index in [1.54, 1.807) is 11.3 Å². The Labute approximate surface area is 170 Å². The molecule has 1 aliphatic carbocycles. The second-order valence-corrected chi connectivity index (χ2v) is 6.94. The van der Waals surface area contributed by atoms with Gasteiger partial charge in [-0.25, -0.2) is 4.98 Å². The Kier molecular flexibility index (Phi) is 9.36. The molecule has 0 aliphatic heterocycles. The van der Waals surface area contributed by atoms with Crippen molar-refractivity contribution in [3.63, 3.8) is 0 Å². The van der Waals surface area contributed by atoms with Crippen molar-refractivity contribution >= 4 is 42.1 Å². The Bertz CT molecular complexity index is 690. The fourth-order valence-electron chi connectivity index (χ4n) is 2.53. The van der Waals surface area contributed by atoms with Gasteiger partial charge in [0.2, 0.25) is 5.91 Å². The van der Waals surface area contributed by atoms with Crippen molar-refractivity contribution in [2.45, 2.75) is 32.2 Å². The monoisotopic (exact) mass is 417 g/mol. The van der Waals surface area contributed by atoms with E-state index in [4.69, 9.17) is 10.5 Å². The summed E-state index contributed by atoms with van der Waals surface area (Å²) in [6.45, 7) is 3.17. The summed E-state index contributed by atoms with van der Waals surface area (Å²) in [5.41, 5.74) is 7.82. The van der Waals surface area contributed by atoms with Gasteiger partial charge in [0.05, 0.1) is 18.7 Å². The number of rotatable bonds is 8. The summed E-state index contributed by atoms with van der Waals surface area (Å²) in [5.74, 6) is 1.43. The Morgan fingerprint density at radius 3 is 2.65 bits per heavy atom. The second-order valence-electron chi connectivity index (χ2n) is 6.08. The van der Waals surface area contributed by atoms with Gasteiger partial charge in [0.1, 0.15) is 10.8 Å². The minimum absolute atomic E-state index is 0. The number of halogens is 2. The predicted octanol–water partition coefficient (Wildman–Crippen LogP) is 3.45. The fourth-order valence-corrected chi connectivity index (χ4v) is 3.36. The average molecular weight is 418 g/mol. The van der Waals surface area contributed by atoms with E-state index in [2.05, 4.69) is 10.3 Å². The topological polar surface area (TPSA) is 77.2 Å². The molecule has 0 saturated heterocycles. The van der Waals surface area contributed by atoms with Gasteiger partial charge in [-0.05, 0) is 49.9 Å². The Hall–Kier alpha value is -1.34. The number of nitrogens with two attached hydrogens (primary N) is 1. The summed E-state index contributed by atoms with van der Waals surface area (Å²) in [7, 11) is 0. The normalized spacial score (nSPS) is 13.9. The van der Waals surface area contributed by atoms with Gasteiger partial charge in [-0.15, -0.1) is 36.2 Å². The number of carbonyl (C=O) groups is 1. The van der Waals surface area contributed by atoms with Crippen LogP contribution < -0.4 is 15.8 Å². The molecule has 0 bridgehead atoms. The van der Waals surface area contributed by atoms with E-state index in [9.17, 15) is 4.79 Å². The summed E-state index contributed by atoms with van der Waals surface area (Å²) in [4.78, 5) is 16.6. The van der Waals surface area contributed by atoms with E-state index in [-0.39, 0.29) is 36.8 Å². The lowest BCUT2D eigenvalue weighted by Crippen LogP contribution is -2.39. The van der Waals surface area contributed by atoms with E-state index >= 15 is 0 Å². The van der Waals surface area contributed by atoms with Crippen LogP contribution >= 0.6 is 36.2 Å². The molecule has 0 spiro atoms. The quantitative estimate of drug-likeness (QED) is 0.689. The molecule has 1 unspecified atom stereocenters. The third-order valence-electron chi connectivity index (χ3n) is 4.07. The first-order valence-corrected chi connectivity index (χ1v) is 9.23. The molecule has 5 nitrogen and oxygen atoms in total. The van der Waals surface area contributed by atoms with Gasteiger partial charge in [0.25, 0.3) is 0 Å². The SMILES string of the molecule is CCOc1ccc(-c2nc(CC(=O)NCC(N)C3CC3)cs2)cc1.Cl.Cl. The van der Waals surface area contributed by atoms with Crippen LogP contribution in [0.25, 0.3) is 10.6 Å². The van der Waals surface area contributed by atoms with Crippen LogP contribution in [0.2, 0.25) is 0 Å². The van der Waals surface area contributed by atoms with Crippen LogP contribution in [-0.2, 0) is 11.2 Å². The lowest BCUT2D eigenvalue weighted by Gasteiger charge is -2.10. The third kappa shape index (κ3) is 6.43. The maximum atomic E-state index is 12.0. The Balaban J connectivity index is 0.00000169. The van der Waals surface area contributed by atoms with Crippen molar-refractivity contribution in [1.82, 2.24) is 10.3 Å². The molecule has 3 N–H and O–H groups in total. The molecule has 1 saturated carbocycles. The summed E-state index contributed by atoms with van der Waals surface area (Å²) < 4.78 is 5.44. The number of thiazole rings is 1. The number of benzene rings is 1. The molecular formula is C18H25Cl2N3O2S. The van der Waals surface area contributed by atoms with Crippen molar-refractivity contribution in [3.05, 3.63) is 35.3 Å². The summed E-state index contributed by atoms with van der Waals surface area (Å²) in [5, 5.41) is 5.76. The molecule has 26 heavy (non-hydrogen) atoms. The molecule has 144 valence electrons. The van der Waals surface area contributed by atoms with Crippen LogP contribution in [0.15, 0.2) is 29.6 Å². The standard InChI is InChI=1S/C18H23N3O2S.2ClH/c1-2-23-15-7-5-13(6-8-15)18-21-14(11-24-18)9-17(22)20-10-16(19)12-3-4-12;;/h5-8,11-12,16H,2-4,9-10,19H2,1H3,(H,20,22);2*1H. The lowest BCUT2D eigenvalue weighted by atomic mass is 10.2. The van der Waals surface area contributed by atoms with Crippen LogP contribution in [0.1, 0.15) is 25.5 Å². The summed E-state index contributed by atoms with van der Waals surface area (Å²) in [6, 6.07) is 7.94. The average Bonchev–Trinajstić information content (AvgIpc) is 3.34. The number of ether oxygens (including phenoxy) is 1. The van der Waals surface area contributed by atoms with E-state index in [0.29, 0.717) is 25.5 Å². The molecule has 0 radical (unpaired) electrons. The van der Waals surface area contributed by atoms with Crippen LogP contribution in [0.5, 0.6) is 5.75 Å². The number of hydrogen-bond acceptors (Lipinski definition) is 5. The van der Waals surface area contributed by atoms with Crippen LogP contribution in [0.3, 0.4) is 0 Å². The van der Waals surface area contributed by atoms with Gasteiger partial charge in [-0.1, -0.05) is 0 Å². The third-order valence-corrected chi connectivity index (χ3v) is 5.01. The zero-order valence-corrected chi connectivity index (χ0v) is 17.1. The number of nitrogens with zero attached hydrogens (tertiary/aromatic N) is 1. The molecule has 1 atom stereocenters. The number of aromatic nitrogens is 1. The second kappa shape index (κ2) is 10.7. The van der Waals surface area contributed by atoms with Crippen molar-refractivity contribution in [2.75, 3.05) is 13.2 Å². The van der Waals surface area contributed by atoms with Gasteiger partial charge >= 0.3 is 0 Å². The van der Waals surface area contributed by atoms with Crippen LogP contribution in [0.4, 0.5) is 0 Å². The highest BCUT2D eigenvalue weighted by Gasteiger charge is 2.28. The van der Waals surface area contributed by atoms with Crippen molar-refractivity contribution in [2.24, 2.45) is 11.7 Å². The molecule has 1 heterocycles. The molecule has 1 aromatic heterocycles. The number of hydrogen-bond donors (Lipinski definition) is 2. The van der Waals surface area contributed by atoms with Crippen LogP contribution in [0, 0.1) is 5.92 Å². The van der Waals surface area contributed by atoms with Crippen molar-refractivity contribution in [1.29, 1.82) is 0 Å². The Morgan fingerprint density at radius 2 is 2.04 bits per heavy atom. The summed E-state index contributed by atoms with van der Waals surface area (Å²) >= 11 is 1.55. The van der Waals surface area contributed by atoms with Gasteiger partial charge < -0.3 is 15.8 Å². The van der Waals surface area contributed by atoms with E-state index in [0.717, 1.165) is 22.0 Å². The smallest absolute Gasteiger partial charge is 0.226 e. The molecular weight excluding hydrogens is 393 g/mol. The number of amides is 1. The molecule has 3 rings (SSSR count). The van der Waals surface area contributed by atoms with Crippen molar-refractivity contribution < 1.29 is 9.53 Å². The lowest BCUT2D eigenvalue weighted by molar-refractivity contribution is -0.120. The molecule has 2 aromatic rings. The Morgan fingerprint density at radius 1 is 1.35 bits per heavy atom. The highest BCUT2D eigenvalue weighted by molar-refractivity contribution is 7.13.